The molecule has 2 rings (SSSR count). The first kappa shape index (κ1) is 6.62. The SMILES string of the molecule is N[C@H]1CN[C@H]2CCC(C1)C2. The Morgan fingerprint density at radius 2 is 2.10 bits per heavy atom. The summed E-state index contributed by atoms with van der Waals surface area (Å²) in [7, 11) is 0. The van der Waals surface area contributed by atoms with Crippen LogP contribution >= 0.6 is 0 Å². The van der Waals surface area contributed by atoms with Crippen molar-refractivity contribution >= 4 is 0 Å². The van der Waals surface area contributed by atoms with Gasteiger partial charge in [-0.1, -0.05) is 0 Å². The molecule has 1 saturated heterocycles. The van der Waals surface area contributed by atoms with Gasteiger partial charge in [0.1, 0.15) is 0 Å². The van der Waals surface area contributed by atoms with Crippen molar-refractivity contribution in [1.29, 1.82) is 0 Å². The highest BCUT2D eigenvalue weighted by atomic mass is 15.0. The van der Waals surface area contributed by atoms with Gasteiger partial charge in [-0.05, 0) is 31.6 Å². The Balaban J connectivity index is 1.99. The summed E-state index contributed by atoms with van der Waals surface area (Å²) in [6.45, 7) is 1.04. The minimum absolute atomic E-state index is 0.426. The van der Waals surface area contributed by atoms with Crippen molar-refractivity contribution < 1.29 is 0 Å². The van der Waals surface area contributed by atoms with Crippen LogP contribution in [0.25, 0.3) is 0 Å². The Bertz CT molecular complexity index is 124. The monoisotopic (exact) mass is 140 g/mol. The molecule has 1 aliphatic carbocycles. The zero-order valence-electron chi connectivity index (χ0n) is 6.34. The van der Waals surface area contributed by atoms with E-state index in [1.165, 1.54) is 25.7 Å². The number of nitrogens with one attached hydrogen (secondary N) is 1. The van der Waals surface area contributed by atoms with Gasteiger partial charge in [-0.15, -0.1) is 0 Å². The van der Waals surface area contributed by atoms with E-state index in [1.807, 2.05) is 0 Å². The first-order chi connectivity index (χ1) is 4.84. The van der Waals surface area contributed by atoms with Crippen LogP contribution in [0.5, 0.6) is 0 Å². The summed E-state index contributed by atoms with van der Waals surface area (Å²) in [6.07, 6.45) is 5.43. The molecule has 2 aliphatic rings. The zero-order valence-corrected chi connectivity index (χ0v) is 6.34. The van der Waals surface area contributed by atoms with Gasteiger partial charge >= 0.3 is 0 Å². The summed E-state index contributed by atoms with van der Waals surface area (Å²) < 4.78 is 0. The van der Waals surface area contributed by atoms with E-state index < -0.39 is 0 Å². The topological polar surface area (TPSA) is 38.0 Å². The lowest BCUT2D eigenvalue weighted by Crippen LogP contribution is -2.37. The molecule has 58 valence electrons. The van der Waals surface area contributed by atoms with E-state index in [0.717, 1.165) is 18.5 Å². The highest BCUT2D eigenvalue weighted by Crippen LogP contribution is 2.30. The Morgan fingerprint density at radius 3 is 3.00 bits per heavy atom. The maximum Gasteiger partial charge on any atom is 0.0168 e. The van der Waals surface area contributed by atoms with Crippen molar-refractivity contribution in [2.24, 2.45) is 11.7 Å². The largest absolute Gasteiger partial charge is 0.327 e. The summed E-state index contributed by atoms with van der Waals surface area (Å²) in [4.78, 5) is 0. The van der Waals surface area contributed by atoms with Crippen LogP contribution in [0, 0.1) is 5.92 Å². The summed E-state index contributed by atoms with van der Waals surface area (Å²) >= 11 is 0. The van der Waals surface area contributed by atoms with Gasteiger partial charge in [0.15, 0.2) is 0 Å². The van der Waals surface area contributed by atoms with Gasteiger partial charge in [0, 0.05) is 18.6 Å². The second kappa shape index (κ2) is 2.51. The van der Waals surface area contributed by atoms with E-state index in [-0.39, 0.29) is 0 Å². The van der Waals surface area contributed by atoms with Gasteiger partial charge in [0.05, 0.1) is 0 Å². The molecule has 0 aromatic carbocycles. The molecule has 0 aromatic rings. The van der Waals surface area contributed by atoms with Crippen molar-refractivity contribution in [1.82, 2.24) is 5.32 Å². The Hall–Kier alpha value is -0.0800. The maximum atomic E-state index is 5.86. The van der Waals surface area contributed by atoms with Gasteiger partial charge in [-0.25, -0.2) is 0 Å². The molecule has 2 bridgehead atoms. The molecule has 1 saturated carbocycles. The summed E-state index contributed by atoms with van der Waals surface area (Å²) in [5, 5.41) is 3.50. The predicted molar refractivity (Wildman–Crippen MR) is 41.7 cm³/mol. The van der Waals surface area contributed by atoms with Crippen LogP contribution in [-0.4, -0.2) is 18.6 Å². The molecule has 2 nitrogen and oxygen atoms in total. The average Bonchev–Trinajstić information content (AvgIpc) is 2.22. The second-order valence-corrected chi connectivity index (χ2v) is 3.78. The summed E-state index contributed by atoms with van der Waals surface area (Å²) in [6, 6.07) is 1.23. The third-order valence-electron chi connectivity index (χ3n) is 2.85. The number of hydrogen-bond acceptors (Lipinski definition) is 2. The van der Waals surface area contributed by atoms with Gasteiger partial charge in [0.2, 0.25) is 0 Å². The van der Waals surface area contributed by atoms with Crippen LogP contribution in [0.15, 0.2) is 0 Å². The molecule has 1 heterocycles. The average molecular weight is 140 g/mol. The summed E-state index contributed by atoms with van der Waals surface area (Å²) in [5.41, 5.74) is 5.86. The van der Waals surface area contributed by atoms with Crippen molar-refractivity contribution in [3.05, 3.63) is 0 Å². The highest BCUT2D eigenvalue weighted by Gasteiger charge is 2.28. The molecule has 0 aromatic heterocycles. The van der Waals surface area contributed by atoms with Crippen LogP contribution < -0.4 is 11.1 Å². The molecular weight excluding hydrogens is 124 g/mol. The fourth-order valence-corrected chi connectivity index (χ4v) is 2.30. The number of hydrogen-bond donors (Lipinski definition) is 2. The molecule has 2 fully saturated rings. The molecule has 3 N–H and O–H groups in total. The third-order valence-corrected chi connectivity index (χ3v) is 2.85. The number of nitrogens with two attached hydrogens (primary N) is 1. The fourth-order valence-electron chi connectivity index (χ4n) is 2.30. The second-order valence-electron chi connectivity index (χ2n) is 3.78. The lowest BCUT2D eigenvalue weighted by atomic mass is 10.00. The minimum atomic E-state index is 0.426. The number of fused-ring (bicyclic) bond motifs is 2. The minimum Gasteiger partial charge on any atom is -0.327 e. The smallest absolute Gasteiger partial charge is 0.0168 e. The van der Waals surface area contributed by atoms with Gasteiger partial charge in [-0.3, -0.25) is 0 Å². The van der Waals surface area contributed by atoms with E-state index in [2.05, 4.69) is 5.32 Å². The normalized spacial score (nSPS) is 47.1. The van der Waals surface area contributed by atoms with E-state index in [9.17, 15) is 0 Å². The van der Waals surface area contributed by atoms with Crippen LogP contribution in [0.4, 0.5) is 0 Å². The summed E-state index contributed by atoms with van der Waals surface area (Å²) in [5.74, 6) is 0.940. The number of rotatable bonds is 0. The quantitative estimate of drug-likeness (QED) is 0.513. The van der Waals surface area contributed by atoms with Crippen molar-refractivity contribution in [2.75, 3.05) is 6.54 Å². The van der Waals surface area contributed by atoms with Crippen LogP contribution in [0.3, 0.4) is 0 Å². The van der Waals surface area contributed by atoms with Crippen LogP contribution in [0.2, 0.25) is 0 Å². The van der Waals surface area contributed by atoms with E-state index in [0.29, 0.717) is 6.04 Å². The lowest BCUT2D eigenvalue weighted by molar-refractivity contribution is 0.448. The molecule has 1 aliphatic heterocycles. The Morgan fingerprint density at radius 1 is 1.20 bits per heavy atom. The standard InChI is InChI=1S/C8H16N2/c9-7-3-6-1-2-8(4-6)10-5-7/h6-8,10H,1-5,9H2/t6?,7-,8+/m1/s1. The van der Waals surface area contributed by atoms with Crippen molar-refractivity contribution in [2.45, 2.75) is 37.8 Å². The van der Waals surface area contributed by atoms with Gasteiger partial charge < -0.3 is 11.1 Å². The van der Waals surface area contributed by atoms with Crippen LogP contribution in [-0.2, 0) is 0 Å². The van der Waals surface area contributed by atoms with Crippen molar-refractivity contribution in [3.8, 4) is 0 Å². The fraction of sp³-hybridized carbons (Fsp3) is 1.00. The first-order valence-corrected chi connectivity index (χ1v) is 4.33. The van der Waals surface area contributed by atoms with E-state index >= 15 is 0 Å². The molecule has 3 atom stereocenters. The molecule has 2 heteroatoms. The Kier molecular flexibility index (Phi) is 1.66. The van der Waals surface area contributed by atoms with Gasteiger partial charge in [-0.2, -0.15) is 0 Å². The van der Waals surface area contributed by atoms with Crippen LogP contribution in [0.1, 0.15) is 25.7 Å². The van der Waals surface area contributed by atoms with Gasteiger partial charge in [0.25, 0.3) is 0 Å². The zero-order chi connectivity index (χ0) is 6.97. The molecular formula is C8H16N2. The molecule has 10 heavy (non-hydrogen) atoms. The first-order valence-electron chi connectivity index (χ1n) is 4.33. The molecule has 0 spiro atoms. The molecule has 0 amide bonds. The molecule has 1 unspecified atom stereocenters. The Labute approximate surface area is 62.2 Å². The highest BCUT2D eigenvalue weighted by molar-refractivity contribution is 4.87. The predicted octanol–water partition coefficient (Wildman–Crippen LogP) is 0.476. The van der Waals surface area contributed by atoms with E-state index in [4.69, 9.17) is 5.73 Å². The van der Waals surface area contributed by atoms with Crippen molar-refractivity contribution in [3.63, 3.8) is 0 Å². The molecule has 0 radical (unpaired) electrons. The lowest BCUT2D eigenvalue weighted by Gasteiger charge is -2.15. The van der Waals surface area contributed by atoms with E-state index in [1.54, 1.807) is 0 Å². The third kappa shape index (κ3) is 1.18. The maximum absolute atomic E-state index is 5.86.